The Bertz CT molecular complexity index is 1110. The van der Waals surface area contributed by atoms with Gasteiger partial charge in [-0.1, -0.05) is 23.7 Å². The van der Waals surface area contributed by atoms with Crippen molar-refractivity contribution in [3.63, 3.8) is 0 Å². The highest BCUT2D eigenvalue weighted by molar-refractivity contribution is 6.30. The maximum atomic E-state index is 13.8. The summed E-state index contributed by atoms with van der Waals surface area (Å²) in [7, 11) is 0. The number of rotatable bonds is 6. The van der Waals surface area contributed by atoms with Gasteiger partial charge in [0.1, 0.15) is 5.82 Å². The van der Waals surface area contributed by atoms with Crippen LogP contribution in [-0.2, 0) is 17.8 Å². The van der Waals surface area contributed by atoms with E-state index in [4.69, 9.17) is 11.6 Å². The fourth-order valence-corrected chi connectivity index (χ4v) is 3.35. The molecule has 0 aliphatic heterocycles. The minimum absolute atomic E-state index is 0.0675. The fraction of sp³-hybridized carbons (Fsp3) is 0.0909. The molecule has 4 aromatic rings. The van der Waals surface area contributed by atoms with Crippen LogP contribution in [0.2, 0.25) is 5.02 Å². The largest absolute Gasteiger partial charge is 0.351 e. The molecule has 150 valence electrons. The van der Waals surface area contributed by atoms with Crippen molar-refractivity contribution < 1.29 is 9.18 Å². The highest BCUT2D eigenvalue weighted by atomic mass is 35.5. The Labute approximate surface area is 177 Å². The van der Waals surface area contributed by atoms with E-state index >= 15 is 0 Å². The second-order valence-electron chi connectivity index (χ2n) is 6.63. The zero-order valence-corrected chi connectivity index (χ0v) is 16.6. The summed E-state index contributed by atoms with van der Waals surface area (Å²) in [6.45, 7) is 0.165. The van der Waals surface area contributed by atoms with Crippen LogP contribution in [0.15, 0.2) is 73.6 Å². The summed E-state index contributed by atoms with van der Waals surface area (Å²) >= 11 is 6.00. The number of carbonyl (C=O) groups is 1. The third-order valence-corrected chi connectivity index (χ3v) is 4.70. The summed E-state index contributed by atoms with van der Waals surface area (Å²) in [5.74, 6) is -0.642. The van der Waals surface area contributed by atoms with Gasteiger partial charge in [0.2, 0.25) is 5.91 Å². The molecule has 4 rings (SSSR count). The summed E-state index contributed by atoms with van der Waals surface area (Å²) in [5, 5.41) is 0.278. The number of benzene rings is 2. The zero-order valence-electron chi connectivity index (χ0n) is 15.8. The lowest BCUT2D eigenvalue weighted by Gasteiger charge is -2.23. The first kappa shape index (κ1) is 19.7. The monoisotopic (exact) mass is 421 g/mol. The van der Waals surface area contributed by atoms with Crippen molar-refractivity contribution >= 4 is 23.2 Å². The zero-order chi connectivity index (χ0) is 20.9. The van der Waals surface area contributed by atoms with Gasteiger partial charge in [0, 0.05) is 41.1 Å². The van der Waals surface area contributed by atoms with Gasteiger partial charge < -0.3 is 9.88 Å². The summed E-state index contributed by atoms with van der Waals surface area (Å²) in [4.78, 5) is 30.0. The van der Waals surface area contributed by atoms with Crippen LogP contribution in [0.3, 0.4) is 0 Å². The molecule has 1 amide bonds. The molecule has 0 radical (unpaired) electrons. The number of hydrogen-bond donors (Lipinski definition) is 1. The lowest BCUT2D eigenvalue weighted by Crippen LogP contribution is -2.32. The Morgan fingerprint density at radius 2 is 1.93 bits per heavy atom. The molecule has 30 heavy (non-hydrogen) atoms. The van der Waals surface area contributed by atoms with Crippen LogP contribution in [0.25, 0.3) is 11.3 Å². The first-order chi connectivity index (χ1) is 14.6. The molecular weight excluding hydrogens is 405 g/mol. The molecular formula is C22H17ClFN5O. The van der Waals surface area contributed by atoms with Gasteiger partial charge in [0.05, 0.1) is 30.7 Å². The topological polar surface area (TPSA) is 74.8 Å². The standard InChI is InChI=1S/C22H17ClFN5O/c23-17-7-15(8-18(24)9-17)13-29(22(30)10-19-11-25-5-6-27-19)20-3-1-16(2-4-20)21-12-26-14-28-21/h1-9,11-12,14H,10,13H2,(H,26,28). The van der Waals surface area contributed by atoms with E-state index in [-0.39, 0.29) is 23.9 Å². The van der Waals surface area contributed by atoms with Crippen molar-refractivity contribution in [3.05, 3.63) is 95.7 Å². The summed E-state index contributed by atoms with van der Waals surface area (Å²) in [6, 6.07) is 11.7. The van der Waals surface area contributed by atoms with Gasteiger partial charge in [0.15, 0.2) is 0 Å². The van der Waals surface area contributed by atoms with E-state index in [1.54, 1.807) is 35.9 Å². The normalized spacial score (nSPS) is 10.7. The van der Waals surface area contributed by atoms with Gasteiger partial charge in [-0.2, -0.15) is 0 Å². The molecule has 8 heteroatoms. The molecule has 0 saturated carbocycles. The van der Waals surface area contributed by atoms with Gasteiger partial charge >= 0.3 is 0 Å². The number of amides is 1. The molecule has 0 unspecified atom stereocenters. The molecule has 2 aromatic carbocycles. The molecule has 0 bridgehead atoms. The third-order valence-electron chi connectivity index (χ3n) is 4.49. The predicted molar refractivity (Wildman–Crippen MR) is 112 cm³/mol. The Morgan fingerprint density at radius 3 is 2.60 bits per heavy atom. The molecule has 0 aliphatic rings. The van der Waals surface area contributed by atoms with E-state index in [1.165, 1.54) is 18.3 Å². The maximum absolute atomic E-state index is 13.8. The number of carbonyl (C=O) groups excluding carboxylic acids is 1. The number of nitrogens with one attached hydrogen (secondary N) is 1. The number of aromatic amines is 1. The summed E-state index contributed by atoms with van der Waals surface area (Å²) < 4.78 is 13.8. The minimum Gasteiger partial charge on any atom is -0.351 e. The van der Waals surface area contributed by atoms with Crippen molar-refractivity contribution in [2.45, 2.75) is 13.0 Å². The lowest BCUT2D eigenvalue weighted by atomic mass is 10.1. The van der Waals surface area contributed by atoms with Crippen LogP contribution in [0.5, 0.6) is 0 Å². The molecule has 0 saturated heterocycles. The number of imidazole rings is 1. The highest BCUT2D eigenvalue weighted by Crippen LogP contribution is 2.25. The molecule has 1 N–H and O–H groups in total. The average molecular weight is 422 g/mol. The number of hydrogen-bond acceptors (Lipinski definition) is 4. The third kappa shape index (κ3) is 4.69. The minimum atomic E-state index is -0.451. The average Bonchev–Trinajstić information content (AvgIpc) is 3.27. The van der Waals surface area contributed by atoms with Crippen molar-refractivity contribution in [3.8, 4) is 11.3 Å². The Balaban J connectivity index is 1.64. The van der Waals surface area contributed by atoms with Crippen LogP contribution in [0.1, 0.15) is 11.3 Å². The quantitative estimate of drug-likeness (QED) is 0.499. The van der Waals surface area contributed by atoms with Crippen LogP contribution >= 0.6 is 11.6 Å². The number of anilines is 1. The van der Waals surface area contributed by atoms with Crippen LogP contribution in [-0.4, -0.2) is 25.8 Å². The fourth-order valence-electron chi connectivity index (χ4n) is 3.11. The number of nitrogens with zero attached hydrogens (tertiary/aromatic N) is 4. The van der Waals surface area contributed by atoms with Crippen molar-refractivity contribution in [2.24, 2.45) is 0 Å². The van der Waals surface area contributed by atoms with Crippen molar-refractivity contribution in [1.82, 2.24) is 19.9 Å². The summed E-state index contributed by atoms with van der Waals surface area (Å²) in [6.07, 6.45) is 8.11. The van der Waals surface area contributed by atoms with Crippen molar-refractivity contribution in [1.29, 1.82) is 0 Å². The molecule has 0 spiro atoms. The summed E-state index contributed by atoms with van der Waals surface area (Å²) in [5.41, 5.74) is 3.52. The number of H-pyrrole nitrogens is 1. The smallest absolute Gasteiger partial charge is 0.233 e. The maximum Gasteiger partial charge on any atom is 0.233 e. The predicted octanol–water partition coefficient (Wildman–Crippen LogP) is 4.44. The molecule has 0 fully saturated rings. The van der Waals surface area contributed by atoms with E-state index in [1.807, 2.05) is 24.3 Å². The van der Waals surface area contributed by atoms with Gasteiger partial charge in [0.25, 0.3) is 0 Å². The first-order valence-electron chi connectivity index (χ1n) is 9.18. The van der Waals surface area contributed by atoms with Crippen molar-refractivity contribution in [2.75, 3.05) is 4.90 Å². The van der Waals surface area contributed by atoms with Crippen LogP contribution in [0, 0.1) is 5.82 Å². The van der Waals surface area contributed by atoms with Gasteiger partial charge in [-0.3, -0.25) is 14.8 Å². The second kappa shape index (κ2) is 8.84. The first-order valence-corrected chi connectivity index (χ1v) is 9.56. The van der Waals surface area contributed by atoms with E-state index in [0.717, 1.165) is 11.3 Å². The van der Waals surface area contributed by atoms with E-state index < -0.39 is 5.82 Å². The molecule has 0 atom stereocenters. The van der Waals surface area contributed by atoms with Crippen LogP contribution in [0.4, 0.5) is 10.1 Å². The Kier molecular flexibility index (Phi) is 5.81. The van der Waals surface area contributed by atoms with Crippen LogP contribution < -0.4 is 4.90 Å². The Morgan fingerprint density at radius 1 is 1.10 bits per heavy atom. The number of aromatic nitrogens is 4. The van der Waals surface area contributed by atoms with E-state index in [9.17, 15) is 9.18 Å². The van der Waals surface area contributed by atoms with E-state index in [2.05, 4.69) is 19.9 Å². The Hall–Kier alpha value is -3.58. The van der Waals surface area contributed by atoms with Gasteiger partial charge in [-0.05, 0) is 35.9 Å². The lowest BCUT2D eigenvalue weighted by molar-refractivity contribution is -0.118. The second-order valence-corrected chi connectivity index (χ2v) is 7.07. The molecule has 6 nitrogen and oxygen atoms in total. The molecule has 2 aromatic heterocycles. The molecule has 2 heterocycles. The SMILES string of the molecule is O=C(Cc1cnccn1)N(Cc1cc(F)cc(Cl)c1)c1ccc(-c2c[nH]cn2)cc1. The number of halogens is 2. The van der Waals surface area contributed by atoms with E-state index in [0.29, 0.717) is 16.9 Å². The highest BCUT2D eigenvalue weighted by Gasteiger charge is 2.18. The van der Waals surface area contributed by atoms with Gasteiger partial charge in [-0.25, -0.2) is 9.37 Å². The molecule has 0 aliphatic carbocycles. The van der Waals surface area contributed by atoms with Gasteiger partial charge in [-0.15, -0.1) is 0 Å².